The molecular formula is C19H23F3N2O4S2. The number of amides is 1. The van der Waals surface area contributed by atoms with Crippen LogP contribution in [0.2, 0.25) is 0 Å². The number of hydrogen-bond acceptors (Lipinski definition) is 5. The maximum absolute atomic E-state index is 13.0. The molecule has 1 amide bonds. The van der Waals surface area contributed by atoms with Gasteiger partial charge in [0.05, 0.1) is 17.9 Å². The normalized spacial score (nSPS) is 12.2. The van der Waals surface area contributed by atoms with E-state index in [1.54, 1.807) is 11.4 Å². The fourth-order valence-electron chi connectivity index (χ4n) is 2.50. The van der Waals surface area contributed by atoms with Crippen molar-refractivity contribution < 1.29 is 31.1 Å². The van der Waals surface area contributed by atoms with Gasteiger partial charge in [0.25, 0.3) is 10.0 Å². The minimum atomic E-state index is -4.55. The molecule has 0 aliphatic rings. The summed E-state index contributed by atoms with van der Waals surface area (Å²) in [4.78, 5) is 12.2. The summed E-state index contributed by atoms with van der Waals surface area (Å²) in [5.41, 5.74) is -0.966. The Morgan fingerprint density at radius 1 is 1.27 bits per heavy atom. The number of carbonyl (C=O) groups is 1. The van der Waals surface area contributed by atoms with E-state index in [1.165, 1.54) is 19.2 Å². The average Bonchev–Trinajstić information content (AvgIpc) is 3.21. The summed E-state index contributed by atoms with van der Waals surface area (Å²) in [6, 6.07) is 6.03. The van der Waals surface area contributed by atoms with Crippen molar-refractivity contribution in [1.29, 1.82) is 0 Å². The van der Waals surface area contributed by atoms with Crippen molar-refractivity contribution in [3.05, 3.63) is 41.3 Å². The Bertz CT molecular complexity index is 945. The molecule has 2 aromatic rings. The Hall–Kier alpha value is -2.11. The molecule has 1 aromatic carbocycles. The zero-order valence-electron chi connectivity index (χ0n) is 16.5. The van der Waals surface area contributed by atoms with E-state index in [1.807, 2.05) is 6.92 Å². The monoisotopic (exact) mass is 464 g/mol. The molecule has 0 saturated carbocycles. The number of nitrogens with zero attached hydrogens (tertiary/aromatic N) is 1. The lowest BCUT2D eigenvalue weighted by Crippen LogP contribution is -2.28. The van der Waals surface area contributed by atoms with E-state index in [-0.39, 0.29) is 35.0 Å². The van der Waals surface area contributed by atoms with E-state index in [0.29, 0.717) is 13.0 Å². The molecule has 1 aromatic heterocycles. The highest BCUT2D eigenvalue weighted by molar-refractivity contribution is 7.91. The predicted octanol–water partition coefficient (Wildman–Crippen LogP) is 4.60. The summed E-state index contributed by atoms with van der Waals surface area (Å²) in [6.07, 6.45) is -3.76. The van der Waals surface area contributed by atoms with Crippen LogP contribution in [0.3, 0.4) is 0 Å². The molecule has 166 valence electrons. The number of sulfonamides is 1. The van der Waals surface area contributed by atoms with Crippen LogP contribution in [-0.4, -0.2) is 38.8 Å². The van der Waals surface area contributed by atoms with Crippen molar-refractivity contribution in [1.82, 2.24) is 4.31 Å². The summed E-state index contributed by atoms with van der Waals surface area (Å²) in [5.74, 6) is -0.381. The SMILES string of the molecule is CCCOc1ccc(C(F)(F)F)cc1NC(=O)CCCN(C)S(=O)(=O)c1cccs1. The molecular weight excluding hydrogens is 441 g/mol. The maximum Gasteiger partial charge on any atom is 0.416 e. The summed E-state index contributed by atoms with van der Waals surface area (Å²) in [6.45, 7) is 2.23. The van der Waals surface area contributed by atoms with Gasteiger partial charge in [-0.05, 0) is 42.5 Å². The molecule has 6 nitrogen and oxygen atoms in total. The van der Waals surface area contributed by atoms with Gasteiger partial charge in [-0.3, -0.25) is 4.79 Å². The van der Waals surface area contributed by atoms with Crippen molar-refractivity contribution in [2.75, 3.05) is 25.5 Å². The van der Waals surface area contributed by atoms with Crippen LogP contribution in [0.25, 0.3) is 0 Å². The first-order chi connectivity index (χ1) is 14.1. The Kier molecular flexibility index (Phi) is 8.27. The quantitative estimate of drug-likeness (QED) is 0.558. The van der Waals surface area contributed by atoms with E-state index in [4.69, 9.17) is 4.74 Å². The minimum Gasteiger partial charge on any atom is -0.491 e. The van der Waals surface area contributed by atoms with E-state index in [9.17, 15) is 26.4 Å². The highest BCUT2D eigenvalue weighted by atomic mass is 32.2. The Balaban J connectivity index is 1.99. The molecule has 1 N–H and O–H groups in total. The number of rotatable bonds is 10. The lowest BCUT2D eigenvalue weighted by molar-refractivity contribution is -0.137. The summed E-state index contributed by atoms with van der Waals surface area (Å²) in [7, 11) is -2.20. The van der Waals surface area contributed by atoms with Gasteiger partial charge in [-0.2, -0.15) is 13.2 Å². The number of halogens is 3. The van der Waals surface area contributed by atoms with Crippen molar-refractivity contribution >= 4 is 33.0 Å². The molecule has 0 bridgehead atoms. The molecule has 30 heavy (non-hydrogen) atoms. The number of nitrogens with one attached hydrogen (secondary N) is 1. The number of hydrogen-bond donors (Lipinski definition) is 1. The zero-order valence-corrected chi connectivity index (χ0v) is 18.2. The second kappa shape index (κ2) is 10.3. The first-order valence-corrected chi connectivity index (χ1v) is 11.5. The molecule has 11 heteroatoms. The van der Waals surface area contributed by atoms with Gasteiger partial charge in [0, 0.05) is 20.0 Å². The Labute approximate surface area is 177 Å². The molecule has 0 unspecified atom stereocenters. The van der Waals surface area contributed by atoms with Crippen LogP contribution in [0.5, 0.6) is 5.75 Å². The fraction of sp³-hybridized carbons (Fsp3) is 0.421. The number of thiophene rings is 1. The number of alkyl halides is 3. The van der Waals surface area contributed by atoms with Crippen molar-refractivity contribution in [2.24, 2.45) is 0 Å². The molecule has 0 aliphatic carbocycles. The number of ether oxygens (including phenoxy) is 1. The van der Waals surface area contributed by atoms with Crippen LogP contribution in [0, 0.1) is 0 Å². The molecule has 1 heterocycles. The van der Waals surface area contributed by atoms with Crippen molar-refractivity contribution in [2.45, 2.75) is 36.6 Å². The van der Waals surface area contributed by atoms with Gasteiger partial charge >= 0.3 is 6.18 Å². The zero-order chi connectivity index (χ0) is 22.4. The molecule has 0 spiro atoms. The first kappa shape index (κ1) is 24.2. The van der Waals surface area contributed by atoms with Crippen LogP contribution in [-0.2, 0) is 21.0 Å². The van der Waals surface area contributed by atoms with Gasteiger partial charge in [-0.25, -0.2) is 12.7 Å². The van der Waals surface area contributed by atoms with Crippen molar-refractivity contribution in [3.8, 4) is 5.75 Å². The fourth-order valence-corrected chi connectivity index (χ4v) is 4.91. The van der Waals surface area contributed by atoms with E-state index in [0.717, 1.165) is 27.8 Å². The van der Waals surface area contributed by atoms with Crippen molar-refractivity contribution in [3.63, 3.8) is 0 Å². The lowest BCUT2D eigenvalue weighted by atomic mass is 10.1. The number of anilines is 1. The van der Waals surface area contributed by atoms with E-state index < -0.39 is 27.7 Å². The standard InChI is InChI=1S/C19H23F3N2O4S2/c1-3-11-28-16-9-8-14(19(20,21)22)13-15(16)23-17(25)6-4-10-24(2)30(26,27)18-7-5-12-29-18/h5,7-9,12-13H,3-4,6,10-11H2,1-2H3,(H,23,25). The molecule has 0 atom stereocenters. The molecule has 0 saturated heterocycles. The van der Waals surface area contributed by atoms with Crippen LogP contribution in [0.1, 0.15) is 31.7 Å². The number of carbonyl (C=O) groups excluding carboxylic acids is 1. The van der Waals surface area contributed by atoms with E-state index in [2.05, 4.69) is 5.32 Å². The molecule has 0 aliphatic heterocycles. The van der Waals surface area contributed by atoms with Gasteiger partial charge < -0.3 is 10.1 Å². The van der Waals surface area contributed by atoms with Gasteiger partial charge in [0.1, 0.15) is 9.96 Å². The topological polar surface area (TPSA) is 75.7 Å². The highest BCUT2D eigenvalue weighted by Crippen LogP contribution is 2.35. The van der Waals surface area contributed by atoms with Gasteiger partial charge in [-0.1, -0.05) is 13.0 Å². The largest absolute Gasteiger partial charge is 0.491 e. The van der Waals surface area contributed by atoms with Gasteiger partial charge in [0.2, 0.25) is 5.91 Å². The lowest BCUT2D eigenvalue weighted by Gasteiger charge is -2.17. The van der Waals surface area contributed by atoms with Gasteiger partial charge in [-0.15, -0.1) is 11.3 Å². The third-order valence-corrected chi connectivity index (χ3v) is 7.31. The first-order valence-electron chi connectivity index (χ1n) is 9.19. The van der Waals surface area contributed by atoms with Crippen LogP contribution in [0.4, 0.5) is 18.9 Å². The number of benzene rings is 1. The minimum absolute atomic E-state index is 0.0617. The van der Waals surface area contributed by atoms with Gasteiger partial charge in [0.15, 0.2) is 0 Å². The van der Waals surface area contributed by atoms with Crippen LogP contribution in [0.15, 0.2) is 39.9 Å². The second-order valence-corrected chi connectivity index (χ2v) is 9.69. The summed E-state index contributed by atoms with van der Waals surface area (Å²) >= 11 is 1.10. The Morgan fingerprint density at radius 2 is 2.00 bits per heavy atom. The average molecular weight is 465 g/mol. The van der Waals surface area contributed by atoms with Crippen LogP contribution < -0.4 is 10.1 Å². The smallest absolute Gasteiger partial charge is 0.416 e. The summed E-state index contributed by atoms with van der Waals surface area (Å²) in [5, 5.41) is 4.10. The predicted molar refractivity (Wildman–Crippen MR) is 109 cm³/mol. The highest BCUT2D eigenvalue weighted by Gasteiger charge is 2.31. The molecule has 0 fully saturated rings. The van der Waals surface area contributed by atoms with E-state index >= 15 is 0 Å². The summed E-state index contributed by atoms with van der Waals surface area (Å²) < 4.78 is 70.4. The third kappa shape index (κ3) is 6.44. The van der Waals surface area contributed by atoms with Crippen LogP contribution >= 0.6 is 11.3 Å². The second-order valence-electron chi connectivity index (χ2n) is 6.47. The maximum atomic E-state index is 13.0. The third-order valence-electron chi connectivity index (χ3n) is 4.08. The molecule has 2 rings (SSSR count). The Morgan fingerprint density at radius 3 is 2.60 bits per heavy atom. The molecule has 0 radical (unpaired) electrons.